The lowest BCUT2D eigenvalue weighted by Gasteiger charge is -2.21. The van der Waals surface area contributed by atoms with Crippen LogP contribution in [0.4, 0.5) is 0 Å². The van der Waals surface area contributed by atoms with Crippen molar-refractivity contribution in [2.75, 3.05) is 14.2 Å². The number of primary amides is 1. The molecule has 0 aliphatic carbocycles. The van der Waals surface area contributed by atoms with Crippen molar-refractivity contribution < 1.29 is 14.3 Å². The van der Waals surface area contributed by atoms with Crippen molar-refractivity contribution in [3.63, 3.8) is 0 Å². The van der Waals surface area contributed by atoms with Crippen LogP contribution in [0.25, 0.3) is 22.4 Å². The van der Waals surface area contributed by atoms with Crippen molar-refractivity contribution in [1.29, 1.82) is 0 Å². The third kappa shape index (κ3) is 5.59. The summed E-state index contributed by atoms with van der Waals surface area (Å²) in [5, 5.41) is 5.71. The summed E-state index contributed by atoms with van der Waals surface area (Å²) >= 11 is 3.09. The molecular formula is C19H23N3O3S2. The monoisotopic (exact) mass is 405 g/mol. The highest BCUT2D eigenvalue weighted by molar-refractivity contribution is 7.14. The molecule has 0 aliphatic rings. The quantitative estimate of drug-likeness (QED) is 0.504. The number of amides is 1. The Balaban J connectivity index is 2.15. The first-order valence-electron chi connectivity index (χ1n) is 8.19. The van der Waals surface area contributed by atoms with Gasteiger partial charge in [0, 0.05) is 29.9 Å². The van der Waals surface area contributed by atoms with E-state index in [1.807, 2.05) is 36.8 Å². The second-order valence-corrected chi connectivity index (χ2v) is 7.61. The number of methoxy groups -OCH3 is 2. The van der Waals surface area contributed by atoms with E-state index in [0.717, 1.165) is 27.0 Å². The van der Waals surface area contributed by atoms with Gasteiger partial charge in [0.25, 0.3) is 0 Å². The molecule has 0 spiro atoms. The zero-order chi connectivity index (χ0) is 20.0. The van der Waals surface area contributed by atoms with E-state index >= 15 is 0 Å². The maximum Gasteiger partial charge on any atom is 0.244 e. The molecule has 0 saturated heterocycles. The normalized spacial score (nSPS) is 14.3. The van der Waals surface area contributed by atoms with E-state index < -0.39 is 5.91 Å². The number of thiazole rings is 2. The number of hydrogen-bond acceptors (Lipinski definition) is 7. The zero-order valence-electron chi connectivity index (χ0n) is 15.8. The Bertz CT molecular complexity index is 867. The Kier molecular flexibility index (Phi) is 7.46. The predicted octanol–water partition coefficient (Wildman–Crippen LogP) is 3.98. The van der Waals surface area contributed by atoms with Crippen LogP contribution >= 0.6 is 22.7 Å². The molecule has 0 unspecified atom stereocenters. The molecule has 0 aromatic carbocycles. The number of allylic oxidation sites excluding steroid dienone is 1. The summed E-state index contributed by atoms with van der Waals surface area (Å²) in [6.07, 6.45) is 4.74. The van der Waals surface area contributed by atoms with Gasteiger partial charge in [-0.15, -0.1) is 22.7 Å². The molecule has 6 nitrogen and oxygen atoms in total. The Labute approximate surface area is 167 Å². The molecule has 0 radical (unpaired) electrons. The number of hydrogen-bond donors (Lipinski definition) is 1. The van der Waals surface area contributed by atoms with Crippen molar-refractivity contribution in [3.8, 4) is 10.7 Å². The molecule has 0 saturated carbocycles. The van der Waals surface area contributed by atoms with Crippen molar-refractivity contribution in [1.82, 2.24) is 9.97 Å². The number of carbonyl (C=O) groups excluding carboxylic acids is 1. The molecule has 2 rings (SSSR count). The van der Waals surface area contributed by atoms with Crippen molar-refractivity contribution in [3.05, 3.63) is 46.0 Å². The van der Waals surface area contributed by atoms with E-state index in [2.05, 4.69) is 16.5 Å². The molecular weight excluding hydrogens is 382 g/mol. The largest absolute Gasteiger partial charge is 0.501 e. The summed E-state index contributed by atoms with van der Waals surface area (Å²) in [6.45, 7) is 7.75. The first-order valence-corrected chi connectivity index (χ1v) is 9.95. The van der Waals surface area contributed by atoms with E-state index in [1.54, 1.807) is 18.4 Å². The van der Waals surface area contributed by atoms with Gasteiger partial charge >= 0.3 is 0 Å². The first kappa shape index (κ1) is 21.0. The predicted molar refractivity (Wildman–Crippen MR) is 111 cm³/mol. The number of nitrogens with zero attached hydrogens (tertiary/aromatic N) is 2. The average Bonchev–Trinajstić information content (AvgIpc) is 3.28. The lowest BCUT2D eigenvalue weighted by molar-refractivity contribution is -0.113. The zero-order valence-corrected chi connectivity index (χ0v) is 17.4. The molecule has 1 amide bonds. The number of rotatable bonds is 9. The first-order chi connectivity index (χ1) is 12.8. The van der Waals surface area contributed by atoms with Crippen LogP contribution in [0, 0.1) is 5.92 Å². The Morgan fingerprint density at radius 2 is 2.04 bits per heavy atom. The van der Waals surface area contributed by atoms with Gasteiger partial charge in [0.1, 0.15) is 21.5 Å². The van der Waals surface area contributed by atoms with Gasteiger partial charge in [-0.1, -0.05) is 19.6 Å². The summed E-state index contributed by atoms with van der Waals surface area (Å²) < 4.78 is 10.8. The summed E-state index contributed by atoms with van der Waals surface area (Å²) in [6, 6.07) is 0. The van der Waals surface area contributed by atoms with E-state index in [1.165, 1.54) is 24.5 Å². The molecule has 2 N–H and O–H groups in total. The maximum atomic E-state index is 11.1. The van der Waals surface area contributed by atoms with Crippen LogP contribution in [-0.2, 0) is 14.3 Å². The summed E-state index contributed by atoms with van der Waals surface area (Å²) in [5.74, 6) is -0.273. The van der Waals surface area contributed by atoms with Crippen LogP contribution in [0.2, 0.25) is 0 Å². The molecule has 8 heteroatoms. The summed E-state index contributed by atoms with van der Waals surface area (Å²) in [4.78, 5) is 20.3. The number of aromatic nitrogens is 2. The van der Waals surface area contributed by atoms with E-state index in [0.29, 0.717) is 5.76 Å². The molecule has 2 aromatic rings. The number of carbonyl (C=O) groups is 1. The van der Waals surface area contributed by atoms with Gasteiger partial charge in [-0.05, 0) is 18.6 Å². The molecule has 2 aromatic heterocycles. The van der Waals surface area contributed by atoms with E-state index in [4.69, 9.17) is 15.2 Å². The average molecular weight is 406 g/mol. The molecule has 0 bridgehead atoms. The van der Waals surface area contributed by atoms with Crippen molar-refractivity contribution in [2.24, 2.45) is 11.7 Å². The molecule has 2 heterocycles. The van der Waals surface area contributed by atoms with Crippen LogP contribution in [0.15, 0.2) is 35.3 Å². The third-order valence-electron chi connectivity index (χ3n) is 3.80. The molecule has 27 heavy (non-hydrogen) atoms. The maximum absolute atomic E-state index is 11.1. The second kappa shape index (κ2) is 9.59. The fourth-order valence-electron chi connectivity index (χ4n) is 2.37. The molecule has 144 valence electrons. The standard InChI is InChI=1S/C19H23N3O3S2/c1-11(2)18-22-14(10-27-18)19-21-13(9-26-19)6-7-15(24-4)12(3)16(25-5)8-17(20)23/h6-10,12,15H,1H2,2-5H3,(H2,20,23)/b7-6+,16-8+/t12-,15+/m1/s1. The van der Waals surface area contributed by atoms with Crippen LogP contribution in [0.5, 0.6) is 0 Å². The summed E-state index contributed by atoms with van der Waals surface area (Å²) in [5.41, 5.74) is 7.83. The SMILES string of the molecule is C=C(C)c1nc(-c2nc(/C=C/[C@H](OC)[C@@H](C)/C(=C\C(N)=O)OC)cs2)cs1. The van der Waals surface area contributed by atoms with Crippen LogP contribution in [0.1, 0.15) is 24.5 Å². The van der Waals surface area contributed by atoms with Crippen LogP contribution in [-0.4, -0.2) is 36.2 Å². The van der Waals surface area contributed by atoms with Gasteiger partial charge in [-0.25, -0.2) is 9.97 Å². The van der Waals surface area contributed by atoms with Gasteiger partial charge in [0.15, 0.2) is 0 Å². The molecule has 2 atom stereocenters. The minimum absolute atomic E-state index is 0.182. The van der Waals surface area contributed by atoms with Gasteiger partial charge in [-0.3, -0.25) is 4.79 Å². The second-order valence-electron chi connectivity index (χ2n) is 5.90. The van der Waals surface area contributed by atoms with Crippen molar-refractivity contribution >= 4 is 40.2 Å². The fourth-order valence-corrected chi connectivity index (χ4v) is 3.93. The lowest BCUT2D eigenvalue weighted by Crippen LogP contribution is -2.22. The highest BCUT2D eigenvalue weighted by Gasteiger charge is 2.20. The Morgan fingerprint density at radius 3 is 2.59 bits per heavy atom. The van der Waals surface area contributed by atoms with E-state index in [-0.39, 0.29) is 12.0 Å². The molecule has 0 aliphatic heterocycles. The van der Waals surface area contributed by atoms with Gasteiger partial charge in [0.2, 0.25) is 5.91 Å². The van der Waals surface area contributed by atoms with Crippen molar-refractivity contribution in [2.45, 2.75) is 20.0 Å². The topological polar surface area (TPSA) is 87.3 Å². The van der Waals surface area contributed by atoms with Crippen LogP contribution < -0.4 is 5.73 Å². The van der Waals surface area contributed by atoms with E-state index in [9.17, 15) is 4.79 Å². The fraction of sp³-hybridized carbons (Fsp3) is 0.316. The third-order valence-corrected chi connectivity index (χ3v) is 5.69. The Morgan fingerprint density at radius 1 is 1.30 bits per heavy atom. The highest BCUT2D eigenvalue weighted by Crippen LogP contribution is 2.28. The smallest absolute Gasteiger partial charge is 0.244 e. The molecule has 0 fully saturated rings. The summed E-state index contributed by atoms with van der Waals surface area (Å²) in [7, 11) is 3.10. The van der Waals surface area contributed by atoms with Gasteiger partial charge in [0.05, 0.1) is 18.9 Å². The van der Waals surface area contributed by atoms with Gasteiger partial charge < -0.3 is 15.2 Å². The lowest BCUT2D eigenvalue weighted by atomic mass is 10.0. The van der Waals surface area contributed by atoms with Gasteiger partial charge in [-0.2, -0.15) is 0 Å². The van der Waals surface area contributed by atoms with Crippen LogP contribution in [0.3, 0.4) is 0 Å². The minimum atomic E-state index is -0.556. The highest BCUT2D eigenvalue weighted by atomic mass is 32.1. The minimum Gasteiger partial charge on any atom is -0.501 e. The number of ether oxygens (including phenoxy) is 2. The Hall–Kier alpha value is -2.29. The number of nitrogens with two attached hydrogens (primary N) is 1.